The van der Waals surface area contributed by atoms with Crippen molar-refractivity contribution in [2.75, 3.05) is 6.61 Å². The van der Waals surface area contributed by atoms with Gasteiger partial charge in [-0.15, -0.1) is 0 Å². The quantitative estimate of drug-likeness (QED) is 0.687. The molecule has 114 valence electrons. The van der Waals surface area contributed by atoms with E-state index in [2.05, 4.69) is 18.1 Å². The van der Waals surface area contributed by atoms with Crippen molar-refractivity contribution in [3.05, 3.63) is 60.2 Å². The molecule has 3 rings (SSSR count). The molecule has 0 saturated heterocycles. The Bertz CT molecular complexity index is 829. The molecule has 0 N–H and O–H groups in total. The lowest BCUT2D eigenvalue weighted by atomic mass is 10.1. The van der Waals surface area contributed by atoms with Crippen molar-refractivity contribution in [1.29, 1.82) is 5.26 Å². The van der Waals surface area contributed by atoms with Gasteiger partial charge in [-0.25, -0.2) is 0 Å². The van der Waals surface area contributed by atoms with Crippen molar-refractivity contribution in [3.8, 4) is 34.4 Å². The highest BCUT2D eigenvalue weighted by molar-refractivity contribution is 5.67. The van der Waals surface area contributed by atoms with Crippen LogP contribution in [0.1, 0.15) is 18.9 Å². The molecule has 0 amide bonds. The first-order valence-corrected chi connectivity index (χ1v) is 7.50. The molecule has 0 unspecified atom stereocenters. The fraction of sp³-hybridized carbons (Fsp3) is 0.158. The molecule has 0 aliphatic carbocycles. The minimum Gasteiger partial charge on any atom is -0.494 e. The standard InChI is InChI=1S/C19H16N2O2/c1-2-10-22-17-8-6-15(7-9-17)18-12-19(23-21-18)16-5-3-4-14(11-16)13-20/h3-9,11-12H,2,10H2,1H3. The molecule has 1 aromatic heterocycles. The number of ether oxygens (including phenoxy) is 1. The first-order valence-electron chi connectivity index (χ1n) is 7.50. The zero-order valence-electron chi connectivity index (χ0n) is 12.8. The number of hydrogen-bond donors (Lipinski definition) is 0. The second-order valence-electron chi connectivity index (χ2n) is 5.14. The molecule has 4 nitrogen and oxygen atoms in total. The molecule has 3 aromatic rings. The SMILES string of the molecule is CCCOc1ccc(-c2cc(-c3cccc(C#N)c3)on2)cc1. The normalized spacial score (nSPS) is 10.3. The molecule has 0 fully saturated rings. The van der Waals surface area contributed by atoms with Gasteiger partial charge in [-0.05, 0) is 42.8 Å². The van der Waals surface area contributed by atoms with Gasteiger partial charge in [0.25, 0.3) is 0 Å². The van der Waals surface area contributed by atoms with Gasteiger partial charge in [0, 0.05) is 17.2 Å². The summed E-state index contributed by atoms with van der Waals surface area (Å²) in [6.45, 7) is 2.79. The molecule has 0 spiro atoms. The summed E-state index contributed by atoms with van der Waals surface area (Å²) in [6, 6.07) is 19.0. The average Bonchev–Trinajstić information content (AvgIpc) is 3.10. The van der Waals surface area contributed by atoms with Crippen LogP contribution in [0.5, 0.6) is 5.75 Å². The van der Waals surface area contributed by atoms with E-state index in [4.69, 9.17) is 14.5 Å². The summed E-state index contributed by atoms with van der Waals surface area (Å²) in [4.78, 5) is 0. The van der Waals surface area contributed by atoms with E-state index >= 15 is 0 Å². The summed E-state index contributed by atoms with van der Waals surface area (Å²) in [7, 11) is 0. The minimum atomic E-state index is 0.595. The zero-order chi connectivity index (χ0) is 16.1. The van der Waals surface area contributed by atoms with Crippen LogP contribution in [-0.4, -0.2) is 11.8 Å². The van der Waals surface area contributed by atoms with Crippen LogP contribution >= 0.6 is 0 Å². The van der Waals surface area contributed by atoms with Crippen molar-refractivity contribution >= 4 is 0 Å². The Hall–Kier alpha value is -3.06. The molecule has 1 heterocycles. The number of nitrogens with zero attached hydrogens (tertiary/aromatic N) is 2. The van der Waals surface area contributed by atoms with Crippen molar-refractivity contribution in [2.45, 2.75) is 13.3 Å². The smallest absolute Gasteiger partial charge is 0.167 e. The van der Waals surface area contributed by atoms with E-state index in [0.717, 1.165) is 29.0 Å². The van der Waals surface area contributed by atoms with Gasteiger partial charge in [-0.1, -0.05) is 24.2 Å². The summed E-state index contributed by atoms with van der Waals surface area (Å²) >= 11 is 0. The second-order valence-corrected chi connectivity index (χ2v) is 5.14. The molecule has 0 saturated carbocycles. The van der Waals surface area contributed by atoms with Crippen LogP contribution in [0, 0.1) is 11.3 Å². The van der Waals surface area contributed by atoms with E-state index in [1.54, 1.807) is 12.1 Å². The van der Waals surface area contributed by atoms with Gasteiger partial charge in [0.2, 0.25) is 0 Å². The van der Waals surface area contributed by atoms with Gasteiger partial charge in [-0.3, -0.25) is 0 Å². The summed E-state index contributed by atoms with van der Waals surface area (Å²) in [5.74, 6) is 1.49. The van der Waals surface area contributed by atoms with Gasteiger partial charge in [-0.2, -0.15) is 5.26 Å². The van der Waals surface area contributed by atoms with Crippen LogP contribution in [0.2, 0.25) is 0 Å². The highest BCUT2D eigenvalue weighted by Crippen LogP contribution is 2.27. The monoisotopic (exact) mass is 304 g/mol. The highest BCUT2D eigenvalue weighted by atomic mass is 16.5. The Balaban J connectivity index is 1.82. The summed E-state index contributed by atoms with van der Waals surface area (Å²) in [6.07, 6.45) is 0.982. The Morgan fingerprint density at radius 3 is 2.65 bits per heavy atom. The molecule has 0 radical (unpaired) electrons. The molecule has 0 bridgehead atoms. The van der Waals surface area contributed by atoms with Crippen LogP contribution in [0.3, 0.4) is 0 Å². The van der Waals surface area contributed by atoms with Gasteiger partial charge in [0.15, 0.2) is 5.76 Å². The fourth-order valence-electron chi connectivity index (χ4n) is 2.23. The number of benzene rings is 2. The maximum Gasteiger partial charge on any atom is 0.167 e. The number of aromatic nitrogens is 1. The van der Waals surface area contributed by atoms with Crippen molar-refractivity contribution in [1.82, 2.24) is 5.16 Å². The van der Waals surface area contributed by atoms with Gasteiger partial charge in [0.05, 0.1) is 18.2 Å². The molecular weight excluding hydrogens is 288 g/mol. The van der Waals surface area contributed by atoms with E-state index in [1.807, 2.05) is 42.5 Å². The molecule has 0 aliphatic heterocycles. The molecule has 23 heavy (non-hydrogen) atoms. The third kappa shape index (κ3) is 3.41. The van der Waals surface area contributed by atoms with Crippen LogP contribution in [0.25, 0.3) is 22.6 Å². The van der Waals surface area contributed by atoms with Crippen molar-refractivity contribution < 1.29 is 9.26 Å². The lowest BCUT2D eigenvalue weighted by molar-refractivity contribution is 0.317. The Morgan fingerprint density at radius 1 is 1.09 bits per heavy atom. The van der Waals surface area contributed by atoms with Gasteiger partial charge < -0.3 is 9.26 Å². The van der Waals surface area contributed by atoms with Gasteiger partial charge >= 0.3 is 0 Å². The van der Waals surface area contributed by atoms with E-state index in [0.29, 0.717) is 17.9 Å². The minimum absolute atomic E-state index is 0.595. The average molecular weight is 304 g/mol. The van der Waals surface area contributed by atoms with E-state index < -0.39 is 0 Å². The predicted molar refractivity (Wildman–Crippen MR) is 87.9 cm³/mol. The Morgan fingerprint density at radius 2 is 1.91 bits per heavy atom. The molecule has 4 heteroatoms. The molecule has 0 aliphatic rings. The second kappa shape index (κ2) is 6.80. The molecule has 0 atom stereocenters. The van der Waals surface area contributed by atoms with Crippen LogP contribution in [0.15, 0.2) is 59.1 Å². The first kappa shape index (κ1) is 14.9. The zero-order valence-corrected chi connectivity index (χ0v) is 12.8. The maximum absolute atomic E-state index is 8.97. The summed E-state index contributed by atoms with van der Waals surface area (Å²) < 4.78 is 11.0. The third-order valence-corrected chi connectivity index (χ3v) is 3.41. The summed E-state index contributed by atoms with van der Waals surface area (Å²) in [5, 5.41) is 13.1. The number of nitriles is 1. The third-order valence-electron chi connectivity index (χ3n) is 3.41. The fourth-order valence-corrected chi connectivity index (χ4v) is 2.23. The van der Waals surface area contributed by atoms with E-state index in [9.17, 15) is 0 Å². The predicted octanol–water partition coefficient (Wildman–Crippen LogP) is 4.67. The molecular formula is C19H16N2O2. The number of rotatable bonds is 5. The number of hydrogen-bond acceptors (Lipinski definition) is 4. The van der Waals surface area contributed by atoms with Crippen molar-refractivity contribution in [3.63, 3.8) is 0 Å². The van der Waals surface area contributed by atoms with Crippen LogP contribution in [0.4, 0.5) is 0 Å². The maximum atomic E-state index is 8.97. The first-order chi connectivity index (χ1) is 11.3. The largest absolute Gasteiger partial charge is 0.494 e. The van der Waals surface area contributed by atoms with E-state index in [-0.39, 0.29) is 0 Å². The highest BCUT2D eigenvalue weighted by Gasteiger charge is 2.09. The van der Waals surface area contributed by atoms with Crippen LogP contribution < -0.4 is 4.74 Å². The Labute approximate surface area is 134 Å². The van der Waals surface area contributed by atoms with E-state index in [1.165, 1.54) is 0 Å². The Kier molecular flexibility index (Phi) is 4.39. The lowest BCUT2D eigenvalue weighted by Gasteiger charge is -2.04. The van der Waals surface area contributed by atoms with Crippen molar-refractivity contribution in [2.24, 2.45) is 0 Å². The van der Waals surface area contributed by atoms with Crippen LogP contribution in [-0.2, 0) is 0 Å². The topological polar surface area (TPSA) is 59.0 Å². The lowest BCUT2D eigenvalue weighted by Crippen LogP contribution is -1.94. The van der Waals surface area contributed by atoms with Gasteiger partial charge in [0.1, 0.15) is 11.4 Å². The molecule has 2 aromatic carbocycles. The summed E-state index contributed by atoms with van der Waals surface area (Å²) in [5.41, 5.74) is 3.15.